The second kappa shape index (κ2) is 12.1. The van der Waals surface area contributed by atoms with Crippen LogP contribution in [0.2, 0.25) is 0 Å². The van der Waals surface area contributed by atoms with E-state index in [2.05, 4.69) is 149 Å². The summed E-state index contributed by atoms with van der Waals surface area (Å²) in [7, 11) is 0. The molecule has 0 radical (unpaired) electrons. The van der Waals surface area contributed by atoms with Crippen molar-refractivity contribution in [2.24, 2.45) is 0 Å². The van der Waals surface area contributed by atoms with Gasteiger partial charge in [0.2, 0.25) is 0 Å². The lowest BCUT2D eigenvalue weighted by molar-refractivity contribution is 0.671. The molecular weight excluding hydrogens is 663 g/mol. The molecule has 0 fully saturated rings. The fourth-order valence-electron chi connectivity index (χ4n) is 7.77. The summed E-state index contributed by atoms with van der Waals surface area (Å²) in [5.74, 6) is 1.76. The molecule has 0 saturated heterocycles. The Balaban J connectivity index is 1.14. The Morgan fingerprint density at radius 3 is 1.98 bits per heavy atom. The number of para-hydroxylation sites is 2. The number of benzene rings is 7. The number of furan rings is 1. The van der Waals surface area contributed by atoms with E-state index < -0.39 is 0 Å². The molecule has 0 saturated carbocycles. The Morgan fingerprint density at radius 2 is 1.13 bits per heavy atom. The second-order valence-corrected chi connectivity index (χ2v) is 13.5. The standard InChI is InChI=1S/C48H29N5O/c1-3-11-30(12-4-1)31-20-22-33(23-21-31)46-50-47(34-25-27-41-39(29-34)36-16-7-8-18-40(36)53(41)35-14-5-2-6-15-35)52-48(51-46)38-17-9-19-42-43(38)37-26-24-32-13-10-28-49-44(32)45(37)54-42/h1-29H. The third kappa shape index (κ3) is 4.81. The van der Waals surface area contributed by atoms with Gasteiger partial charge in [0.25, 0.3) is 0 Å². The molecule has 6 heteroatoms. The molecule has 54 heavy (non-hydrogen) atoms. The largest absolute Gasteiger partial charge is 0.454 e. The lowest BCUT2D eigenvalue weighted by Gasteiger charge is -2.11. The highest BCUT2D eigenvalue weighted by Gasteiger charge is 2.20. The molecule has 0 bridgehead atoms. The number of fused-ring (bicyclic) bond motifs is 8. The van der Waals surface area contributed by atoms with Crippen LogP contribution in [0.15, 0.2) is 180 Å². The summed E-state index contributed by atoms with van der Waals surface area (Å²) in [5.41, 5.74) is 10.7. The Morgan fingerprint density at radius 1 is 0.444 bits per heavy atom. The fraction of sp³-hybridized carbons (Fsp3) is 0. The lowest BCUT2D eigenvalue weighted by Crippen LogP contribution is -2.00. The maximum absolute atomic E-state index is 6.50. The number of hydrogen-bond acceptors (Lipinski definition) is 5. The van der Waals surface area contributed by atoms with Crippen molar-refractivity contribution in [2.75, 3.05) is 0 Å². The van der Waals surface area contributed by atoms with E-state index in [4.69, 9.17) is 19.4 Å². The van der Waals surface area contributed by atoms with Crippen LogP contribution in [-0.4, -0.2) is 24.5 Å². The zero-order valence-corrected chi connectivity index (χ0v) is 28.9. The zero-order chi connectivity index (χ0) is 35.6. The van der Waals surface area contributed by atoms with E-state index in [1.807, 2.05) is 30.3 Å². The van der Waals surface area contributed by atoms with Crippen LogP contribution < -0.4 is 0 Å². The molecule has 11 aromatic rings. The van der Waals surface area contributed by atoms with E-state index in [0.29, 0.717) is 17.5 Å². The topological polar surface area (TPSA) is 69.6 Å². The number of rotatable bonds is 5. The minimum absolute atomic E-state index is 0.573. The molecule has 252 valence electrons. The van der Waals surface area contributed by atoms with Crippen LogP contribution in [0.5, 0.6) is 0 Å². The zero-order valence-electron chi connectivity index (χ0n) is 28.9. The summed E-state index contributed by atoms with van der Waals surface area (Å²) in [6.07, 6.45) is 1.80. The predicted octanol–water partition coefficient (Wildman–Crippen LogP) is 12.1. The van der Waals surface area contributed by atoms with Gasteiger partial charge in [-0.15, -0.1) is 0 Å². The van der Waals surface area contributed by atoms with E-state index in [9.17, 15) is 0 Å². The van der Waals surface area contributed by atoms with Crippen LogP contribution in [0.4, 0.5) is 0 Å². The quantitative estimate of drug-likeness (QED) is 0.180. The van der Waals surface area contributed by atoms with Crippen LogP contribution in [-0.2, 0) is 0 Å². The number of hydrogen-bond donors (Lipinski definition) is 0. The van der Waals surface area contributed by atoms with Gasteiger partial charge in [-0.1, -0.05) is 115 Å². The average molecular weight is 692 g/mol. The molecule has 0 N–H and O–H groups in total. The van der Waals surface area contributed by atoms with Gasteiger partial charge in [0, 0.05) is 55.5 Å². The summed E-state index contributed by atoms with van der Waals surface area (Å²) in [5, 5.41) is 5.24. The van der Waals surface area contributed by atoms with Crippen molar-refractivity contribution < 1.29 is 4.42 Å². The highest BCUT2D eigenvalue weighted by atomic mass is 16.3. The van der Waals surface area contributed by atoms with Crippen molar-refractivity contribution in [3.63, 3.8) is 0 Å². The molecular formula is C48H29N5O. The summed E-state index contributed by atoms with van der Waals surface area (Å²) in [6, 6.07) is 58.6. The first kappa shape index (κ1) is 30.2. The van der Waals surface area contributed by atoms with E-state index in [1.54, 1.807) is 6.20 Å². The first-order valence-corrected chi connectivity index (χ1v) is 18.0. The van der Waals surface area contributed by atoms with E-state index in [0.717, 1.165) is 82.8 Å². The van der Waals surface area contributed by atoms with Gasteiger partial charge in [-0.25, -0.2) is 15.0 Å². The van der Waals surface area contributed by atoms with Crippen molar-refractivity contribution in [1.29, 1.82) is 0 Å². The van der Waals surface area contributed by atoms with Crippen molar-refractivity contribution >= 4 is 54.6 Å². The molecule has 0 atom stereocenters. The van der Waals surface area contributed by atoms with Crippen LogP contribution in [0, 0.1) is 0 Å². The summed E-state index contributed by atoms with van der Waals surface area (Å²) in [4.78, 5) is 20.2. The molecule has 0 aliphatic heterocycles. The van der Waals surface area contributed by atoms with Gasteiger partial charge in [-0.2, -0.15) is 0 Å². The summed E-state index contributed by atoms with van der Waals surface area (Å²) >= 11 is 0. The first-order valence-electron chi connectivity index (χ1n) is 18.0. The van der Waals surface area contributed by atoms with Crippen molar-refractivity contribution in [1.82, 2.24) is 24.5 Å². The molecule has 4 heterocycles. The van der Waals surface area contributed by atoms with Gasteiger partial charge < -0.3 is 8.98 Å². The predicted molar refractivity (Wildman–Crippen MR) is 218 cm³/mol. The third-order valence-electron chi connectivity index (χ3n) is 10.3. The Kier molecular flexibility index (Phi) is 6.75. The third-order valence-corrected chi connectivity index (χ3v) is 10.3. The molecule has 6 nitrogen and oxygen atoms in total. The molecule has 4 aromatic heterocycles. The van der Waals surface area contributed by atoms with Gasteiger partial charge in [0.05, 0.1) is 11.0 Å². The van der Waals surface area contributed by atoms with Gasteiger partial charge in [-0.3, -0.25) is 4.98 Å². The highest BCUT2D eigenvalue weighted by Crippen LogP contribution is 2.40. The monoisotopic (exact) mass is 691 g/mol. The second-order valence-electron chi connectivity index (χ2n) is 13.5. The fourth-order valence-corrected chi connectivity index (χ4v) is 7.77. The van der Waals surface area contributed by atoms with Crippen molar-refractivity contribution in [3.8, 4) is 51.0 Å². The van der Waals surface area contributed by atoms with E-state index in [-0.39, 0.29) is 0 Å². The average Bonchev–Trinajstić information content (AvgIpc) is 3.80. The molecule has 0 amide bonds. The summed E-state index contributed by atoms with van der Waals surface area (Å²) < 4.78 is 8.82. The first-order chi connectivity index (χ1) is 26.8. The summed E-state index contributed by atoms with van der Waals surface area (Å²) in [6.45, 7) is 0. The Hall–Kier alpha value is -7.44. The molecule has 0 unspecified atom stereocenters. The smallest absolute Gasteiger partial charge is 0.164 e. The SMILES string of the molecule is c1ccc(-c2ccc(-c3nc(-c4ccc5c(c4)c4ccccc4n5-c4ccccc4)nc(-c4cccc5oc6c(ccc7cccnc76)c45)n3)cc2)cc1. The highest BCUT2D eigenvalue weighted by molar-refractivity contribution is 6.18. The normalized spacial score (nSPS) is 11.7. The molecule has 0 aliphatic carbocycles. The lowest BCUT2D eigenvalue weighted by atomic mass is 10.0. The van der Waals surface area contributed by atoms with Crippen molar-refractivity contribution in [3.05, 3.63) is 176 Å². The van der Waals surface area contributed by atoms with E-state index >= 15 is 0 Å². The van der Waals surface area contributed by atoms with Gasteiger partial charge in [0.15, 0.2) is 23.1 Å². The van der Waals surface area contributed by atoms with Crippen LogP contribution in [0.1, 0.15) is 0 Å². The maximum atomic E-state index is 6.50. The van der Waals surface area contributed by atoms with Crippen LogP contribution >= 0.6 is 0 Å². The van der Waals surface area contributed by atoms with Crippen LogP contribution in [0.25, 0.3) is 106 Å². The van der Waals surface area contributed by atoms with Crippen molar-refractivity contribution in [2.45, 2.75) is 0 Å². The maximum Gasteiger partial charge on any atom is 0.164 e. The van der Waals surface area contributed by atoms with Gasteiger partial charge in [0.1, 0.15) is 11.1 Å². The van der Waals surface area contributed by atoms with E-state index in [1.165, 1.54) is 5.39 Å². The van der Waals surface area contributed by atoms with Gasteiger partial charge >= 0.3 is 0 Å². The minimum atomic E-state index is 0.573. The number of nitrogens with zero attached hydrogens (tertiary/aromatic N) is 5. The minimum Gasteiger partial charge on any atom is -0.454 e. The Bertz CT molecular complexity index is 3200. The molecule has 0 spiro atoms. The van der Waals surface area contributed by atoms with Gasteiger partial charge in [-0.05, 0) is 65.7 Å². The molecule has 7 aromatic carbocycles. The number of pyridine rings is 1. The van der Waals surface area contributed by atoms with Crippen LogP contribution in [0.3, 0.4) is 0 Å². The number of aromatic nitrogens is 5. The molecule has 0 aliphatic rings. The molecule has 11 rings (SSSR count). The Labute approximate surface area is 309 Å².